The van der Waals surface area contributed by atoms with Crippen molar-refractivity contribution in [2.24, 2.45) is 5.41 Å². The van der Waals surface area contributed by atoms with Crippen LogP contribution in [0.1, 0.15) is 101 Å². The van der Waals surface area contributed by atoms with Gasteiger partial charge in [-0.2, -0.15) is 0 Å². The summed E-state index contributed by atoms with van der Waals surface area (Å²) < 4.78 is 0. The summed E-state index contributed by atoms with van der Waals surface area (Å²) in [6, 6.07) is -0.380. The van der Waals surface area contributed by atoms with Crippen molar-refractivity contribution in [2.75, 3.05) is 13.1 Å². The Morgan fingerprint density at radius 1 is 0.714 bits per heavy atom. The van der Waals surface area contributed by atoms with Crippen LogP contribution in [0.2, 0.25) is 0 Å². The fraction of sp³-hybridized carbons (Fsp3) is 0.913. The lowest BCUT2D eigenvalue weighted by atomic mass is 9.84. The van der Waals surface area contributed by atoms with Crippen LogP contribution in [0.15, 0.2) is 0 Å². The second-order valence-electron chi connectivity index (χ2n) is 11.0. The van der Waals surface area contributed by atoms with Crippen molar-refractivity contribution in [3.63, 3.8) is 0 Å². The summed E-state index contributed by atoms with van der Waals surface area (Å²) in [5, 5.41) is 9.91. The molecule has 0 aliphatic carbocycles. The molecule has 5 nitrogen and oxygen atoms in total. The maximum atomic E-state index is 12.8. The van der Waals surface area contributed by atoms with Gasteiger partial charge in [0.2, 0.25) is 5.91 Å². The van der Waals surface area contributed by atoms with Gasteiger partial charge >= 0.3 is 0 Å². The molecule has 0 aromatic carbocycles. The topological polar surface area (TPSA) is 70.2 Å². The van der Waals surface area contributed by atoms with Crippen LogP contribution in [0, 0.1) is 5.41 Å². The molecule has 0 aliphatic rings. The lowest BCUT2D eigenvalue weighted by molar-refractivity contribution is -0.132. The third kappa shape index (κ3) is 15.0. The quantitative estimate of drug-likeness (QED) is 0.432. The summed E-state index contributed by atoms with van der Waals surface area (Å²) in [6.07, 6.45) is 4.90. The van der Waals surface area contributed by atoms with Gasteiger partial charge in [0.1, 0.15) is 0 Å². The van der Waals surface area contributed by atoms with Gasteiger partial charge in [0, 0.05) is 22.9 Å². The Morgan fingerprint density at radius 3 is 1.61 bits per heavy atom. The molecule has 1 amide bonds. The van der Waals surface area contributed by atoms with Crippen molar-refractivity contribution in [3.8, 4) is 0 Å². The minimum Gasteiger partial charge on any atom is -0.346 e. The molecule has 0 saturated carbocycles. The largest absolute Gasteiger partial charge is 0.346 e. The molecular weight excluding hydrogens is 350 g/mol. The van der Waals surface area contributed by atoms with Gasteiger partial charge in [-0.25, -0.2) is 0 Å². The molecule has 28 heavy (non-hydrogen) atoms. The summed E-state index contributed by atoms with van der Waals surface area (Å²) in [5.41, 5.74) is -0.233. The van der Waals surface area contributed by atoms with E-state index in [9.17, 15) is 9.59 Å². The lowest BCUT2D eigenvalue weighted by Crippen LogP contribution is -2.45. The van der Waals surface area contributed by atoms with Gasteiger partial charge in [0.15, 0.2) is 5.78 Å². The van der Waals surface area contributed by atoms with Crippen LogP contribution in [0.5, 0.6) is 0 Å². The number of hydrogen-bond acceptors (Lipinski definition) is 4. The van der Waals surface area contributed by atoms with Crippen molar-refractivity contribution >= 4 is 11.7 Å². The second-order valence-corrected chi connectivity index (χ2v) is 11.0. The van der Waals surface area contributed by atoms with Crippen molar-refractivity contribution in [1.29, 1.82) is 0 Å². The molecule has 0 heterocycles. The first-order valence-electron chi connectivity index (χ1n) is 11.0. The summed E-state index contributed by atoms with van der Waals surface area (Å²) >= 11 is 0. The van der Waals surface area contributed by atoms with Gasteiger partial charge in [0.25, 0.3) is 0 Å². The van der Waals surface area contributed by atoms with E-state index in [4.69, 9.17) is 0 Å². The molecule has 1 unspecified atom stereocenters. The zero-order valence-corrected chi connectivity index (χ0v) is 20.1. The molecular formula is C23H47N3O2. The zero-order valence-electron chi connectivity index (χ0n) is 20.1. The van der Waals surface area contributed by atoms with Crippen LogP contribution in [0.3, 0.4) is 0 Å². The minimum absolute atomic E-state index is 0.00817. The number of ketones is 1. The van der Waals surface area contributed by atoms with Crippen LogP contribution in [-0.4, -0.2) is 41.9 Å². The van der Waals surface area contributed by atoms with E-state index in [1.807, 2.05) is 20.8 Å². The van der Waals surface area contributed by atoms with E-state index in [1.165, 1.54) is 0 Å². The number of Topliss-reactive ketones (excluding diaryl/α,β-unsaturated/α-hetero) is 1. The van der Waals surface area contributed by atoms with E-state index >= 15 is 0 Å². The number of unbranched alkanes of at least 4 members (excludes halogenated alkanes) is 2. The Balaban J connectivity index is 4.41. The van der Waals surface area contributed by atoms with Crippen molar-refractivity contribution in [1.82, 2.24) is 16.0 Å². The third-order valence-electron chi connectivity index (χ3n) is 4.45. The number of carbonyl (C=O) groups excluding carboxylic acids is 2. The van der Waals surface area contributed by atoms with Gasteiger partial charge < -0.3 is 16.0 Å². The summed E-state index contributed by atoms with van der Waals surface area (Å²) in [5.74, 6) is 0.116. The Labute approximate surface area is 174 Å². The fourth-order valence-electron chi connectivity index (χ4n) is 2.87. The maximum absolute atomic E-state index is 12.8. The monoisotopic (exact) mass is 397 g/mol. The van der Waals surface area contributed by atoms with E-state index in [1.54, 1.807) is 0 Å². The van der Waals surface area contributed by atoms with E-state index in [-0.39, 0.29) is 28.8 Å². The molecule has 166 valence electrons. The number of rotatable bonds is 12. The highest BCUT2D eigenvalue weighted by Gasteiger charge is 2.30. The van der Waals surface area contributed by atoms with Crippen molar-refractivity contribution in [2.45, 2.75) is 118 Å². The van der Waals surface area contributed by atoms with E-state index in [2.05, 4.69) is 57.5 Å². The predicted octanol–water partition coefficient (Wildman–Crippen LogP) is 4.20. The molecule has 1 atom stereocenters. The molecule has 3 N–H and O–H groups in total. The highest BCUT2D eigenvalue weighted by atomic mass is 16.2. The first-order chi connectivity index (χ1) is 12.6. The molecule has 0 rings (SSSR count). The average Bonchev–Trinajstić information content (AvgIpc) is 2.49. The van der Waals surface area contributed by atoms with Crippen LogP contribution in [0.4, 0.5) is 0 Å². The summed E-state index contributed by atoms with van der Waals surface area (Å²) in [7, 11) is 0. The van der Waals surface area contributed by atoms with E-state index in [0.717, 1.165) is 38.8 Å². The molecule has 0 aromatic heterocycles. The fourth-order valence-corrected chi connectivity index (χ4v) is 2.87. The number of hydrogen-bond donors (Lipinski definition) is 3. The SMILES string of the molecule is CC(C)(C)NCCCCC(=O)NC(CCCCNC(C)(C)C)C(=O)C(C)(C)C. The predicted molar refractivity (Wildman–Crippen MR) is 120 cm³/mol. The highest BCUT2D eigenvalue weighted by Crippen LogP contribution is 2.19. The minimum atomic E-state index is -0.446. The molecule has 5 heteroatoms. The van der Waals surface area contributed by atoms with Gasteiger partial charge in [-0.15, -0.1) is 0 Å². The van der Waals surface area contributed by atoms with Crippen LogP contribution in [-0.2, 0) is 9.59 Å². The molecule has 0 aliphatic heterocycles. The van der Waals surface area contributed by atoms with Crippen LogP contribution >= 0.6 is 0 Å². The van der Waals surface area contributed by atoms with Crippen molar-refractivity contribution < 1.29 is 9.59 Å². The Kier molecular flexibility index (Phi) is 11.5. The van der Waals surface area contributed by atoms with Gasteiger partial charge in [-0.1, -0.05) is 20.8 Å². The Morgan fingerprint density at radius 2 is 1.18 bits per heavy atom. The van der Waals surface area contributed by atoms with Gasteiger partial charge in [-0.05, 0) is 86.7 Å². The number of nitrogens with one attached hydrogen (secondary N) is 3. The maximum Gasteiger partial charge on any atom is 0.220 e. The molecule has 0 saturated heterocycles. The Bertz CT molecular complexity index is 468. The average molecular weight is 398 g/mol. The molecule has 0 bridgehead atoms. The molecule has 0 spiro atoms. The highest BCUT2D eigenvalue weighted by molar-refractivity contribution is 5.92. The standard InChI is InChI=1S/C23H47N3O2/c1-21(2,3)20(28)18(14-10-12-16-24-22(4,5)6)26-19(27)15-11-13-17-25-23(7,8)9/h18,24-25H,10-17H2,1-9H3,(H,26,27). The van der Waals surface area contributed by atoms with E-state index < -0.39 is 5.41 Å². The second kappa shape index (κ2) is 11.9. The lowest BCUT2D eigenvalue weighted by Gasteiger charge is -2.26. The van der Waals surface area contributed by atoms with Gasteiger partial charge in [0.05, 0.1) is 6.04 Å². The summed E-state index contributed by atoms with van der Waals surface area (Å²) in [6.45, 7) is 20.5. The van der Waals surface area contributed by atoms with Crippen LogP contribution in [0.25, 0.3) is 0 Å². The zero-order chi connectivity index (χ0) is 22.0. The number of amides is 1. The third-order valence-corrected chi connectivity index (χ3v) is 4.45. The Hall–Kier alpha value is -0.940. The van der Waals surface area contributed by atoms with Gasteiger partial charge in [-0.3, -0.25) is 9.59 Å². The smallest absolute Gasteiger partial charge is 0.220 e. The first-order valence-corrected chi connectivity index (χ1v) is 11.0. The molecule has 0 radical (unpaired) electrons. The normalized spacial score (nSPS) is 14.0. The molecule has 0 aromatic rings. The summed E-state index contributed by atoms with van der Waals surface area (Å²) in [4.78, 5) is 25.1. The molecule has 0 fully saturated rings. The first kappa shape index (κ1) is 27.1. The van der Waals surface area contributed by atoms with Crippen LogP contribution < -0.4 is 16.0 Å². The number of carbonyl (C=O) groups is 2. The van der Waals surface area contributed by atoms with E-state index in [0.29, 0.717) is 12.8 Å². The van der Waals surface area contributed by atoms with Crippen molar-refractivity contribution in [3.05, 3.63) is 0 Å².